The molecule has 12 nitrogen and oxygen atoms in total. The van der Waals surface area contributed by atoms with Gasteiger partial charge in [-0.2, -0.15) is 0 Å². The van der Waals surface area contributed by atoms with Crippen molar-refractivity contribution in [3.8, 4) is 56.3 Å². The topological polar surface area (TPSA) is 189 Å². The Bertz CT molecular complexity index is 6000. The smallest absolute Gasteiger partial charge is 0.354 e. The number of fused-ring (bicyclic) bond motifs is 6. The average Bonchev–Trinajstić information content (AvgIpc) is 0.811. The zero-order valence-corrected chi connectivity index (χ0v) is 79.3. The summed E-state index contributed by atoms with van der Waals surface area (Å²) in [6.45, 7) is 20.3. The number of benzene rings is 11. The maximum atomic E-state index is 10.1. The number of carboxylic acid groups (broad SMARTS) is 1. The summed E-state index contributed by atoms with van der Waals surface area (Å²) in [5.41, 5.74) is 23.9. The molecule has 0 saturated carbocycles. The fourth-order valence-corrected chi connectivity index (χ4v) is 12.2. The molecule has 3 N–H and O–H groups in total. The van der Waals surface area contributed by atoms with Crippen LogP contribution in [0.3, 0.4) is 0 Å². The second kappa shape index (κ2) is 49.4. The van der Waals surface area contributed by atoms with Gasteiger partial charge >= 0.3 is 5.97 Å². The molecule has 17 heteroatoms. The van der Waals surface area contributed by atoms with Gasteiger partial charge in [0.15, 0.2) is 11.6 Å². The number of carboxylic acids is 1. The molecule has 17 rings (SSSR count). The number of aryl methyl sites for hydroxylation is 7. The summed E-state index contributed by atoms with van der Waals surface area (Å²) in [5.74, 6) is -1.12. The summed E-state index contributed by atoms with van der Waals surface area (Å²) < 4.78 is 0. The summed E-state index contributed by atoms with van der Waals surface area (Å²) in [4.78, 5) is 57.3. The van der Waals surface area contributed by atoms with Gasteiger partial charge in [0, 0.05) is 119 Å². The van der Waals surface area contributed by atoms with Crippen LogP contribution in [0.5, 0.6) is 0 Å². The molecule has 0 aliphatic rings. The zero-order valence-electron chi connectivity index (χ0n) is 67.4. The van der Waals surface area contributed by atoms with Gasteiger partial charge in [0.1, 0.15) is 5.69 Å². The second-order valence-corrected chi connectivity index (χ2v) is 27.3. The van der Waals surface area contributed by atoms with Crippen molar-refractivity contribution in [2.45, 2.75) is 76.2 Å². The quantitative estimate of drug-likeness (QED) is 0.0743. The molecule has 0 unspecified atom stereocenters. The Morgan fingerprint density at radius 3 is 1.04 bits per heavy atom. The molecule has 17 aromatic rings. The van der Waals surface area contributed by atoms with Crippen LogP contribution in [-0.2, 0) is 110 Å². The monoisotopic (exact) mass is 2460 g/mol. The molecule has 5 radical (unpaired) electrons. The molecule has 611 valence electrons. The number of aromatic carboxylic acids is 1. The molecule has 0 saturated heterocycles. The molecule has 0 spiro atoms. The summed E-state index contributed by atoms with van der Waals surface area (Å²) in [7, 11) is 0. The van der Waals surface area contributed by atoms with Crippen LogP contribution >= 0.6 is 0 Å². The van der Waals surface area contributed by atoms with Crippen molar-refractivity contribution < 1.29 is 130 Å². The first-order valence-corrected chi connectivity index (χ1v) is 37.1. The minimum Gasteiger partial charge on any atom is -0.512 e. The van der Waals surface area contributed by atoms with Crippen LogP contribution in [-0.4, -0.2) is 62.8 Å². The number of allylic oxidation sites excluding steroid dienone is 4. The predicted octanol–water partition coefficient (Wildman–Crippen LogP) is 24.7. The van der Waals surface area contributed by atoms with Crippen LogP contribution in [0, 0.1) is 78.8 Å². The van der Waals surface area contributed by atoms with Crippen LogP contribution in [0.25, 0.3) is 122 Å². The number of rotatable bonds is 8. The van der Waals surface area contributed by atoms with Crippen molar-refractivity contribution in [1.29, 1.82) is 0 Å². The van der Waals surface area contributed by atoms with Crippen molar-refractivity contribution in [3.05, 3.63) is 396 Å². The third-order valence-corrected chi connectivity index (χ3v) is 17.3. The first-order valence-electron chi connectivity index (χ1n) is 37.1. The molecule has 0 bridgehead atoms. The van der Waals surface area contributed by atoms with E-state index in [1.807, 2.05) is 127 Å². The van der Waals surface area contributed by atoms with Crippen molar-refractivity contribution >= 4 is 82.8 Å². The molecule has 0 fully saturated rings. The number of ketones is 2. The van der Waals surface area contributed by atoms with E-state index in [0.717, 1.165) is 100 Å². The number of pyridine rings is 6. The van der Waals surface area contributed by atoms with Crippen molar-refractivity contribution in [3.63, 3.8) is 0 Å². The predicted molar refractivity (Wildman–Crippen MR) is 466 cm³/mol. The van der Waals surface area contributed by atoms with E-state index in [1.165, 1.54) is 112 Å². The Hall–Kier alpha value is -11.0. The van der Waals surface area contributed by atoms with Crippen LogP contribution < -0.4 is 0 Å². The van der Waals surface area contributed by atoms with Crippen LogP contribution in [0.4, 0.5) is 0 Å². The minimum absolute atomic E-state index is 0. The van der Waals surface area contributed by atoms with Gasteiger partial charge in [-0.05, 0) is 132 Å². The van der Waals surface area contributed by atoms with Gasteiger partial charge in [-0.15, -0.1) is 170 Å². The van der Waals surface area contributed by atoms with Crippen LogP contribution in [0.1, 0.15) is 77.1 Å². The Balaban J connectivity index is 0.000000246. The van der Waals surface area contributed by atoms with E-state index in [4.69, 9.17) is 35.3 Å². The second-order valence-electron chi connectivity index (χ2n) is 27.3. The number of aliphatic hydroxyl groups is 2. The number of carbonyl (C=O) groups excluding carboxylic acids is 2. The molecule has 0 aliphatic heterocycles. The van der Waals surface area contributed by atoms with E-state index in [1.54, 1.807) is 12.1 Å². The van der Waals surface area contributed by atoms with E-state index < -0.39 is 5.97 Å². The number of aromatic nitrogens is 6. The molecule has 11 aromatic carbocycles. The first kappa shape index (κ1) is 98.6. The van der Waals surface area contributed by atoms with Crippen molar-refractivity contribution in [2.75, 3.05) is 0 Å². The van der Waals surface area contributed by atoms with Gasteiger partial charge in [0.25, 0.3) is 0 Å². The fraction of sp³-hybridized carbons (Fsp3) is 0.108. The molecule has 6 aromatic heterocycles. The molecule has 0 atom stereocenters. The molecule has 6 heterocycles. The number of para-hydroxylation sites is 5. The maximum Gasteiger partial charge on any atom is 0.354 e. The summed E-state index contributed by atoms with van der Waals surface area (Å²) in [5, 5.41) is 33.3. The number of hydrogen-bond acceptors (Lipinski definition) is 11. The molecular formula is C102H87Ir5N6O6-5. The molecular weight excluding hydrogens is 2370 g/mol. The maximum absolute atomic E-state index is 10.1. The molecule has 0 aliphatic carbocycles. The van der Waals surface area contributed by atoms with Crippen molar-refractivity contribution in [2.24, 2.45) is 0 Å². The molecule has 0 amide bonds. The van der Waals surface area contributed by atoms with E-state index >= 15 is 0 Å². The Labute approximate surface area is 764 Å². The number of hydrogen-bond donors (Lipinski definition) is 3. The van der Waals surface area contributed by atoms with Gasteiger partial charge in [0.05, 0.1) is 39.1 Å². The van der Waals surface area contributed by atoms with Gasteiger partial charge in [-0.3, -0.25) is 34.5 Å². The normalized spacial score (nSPS) is 10.3. The van der Waals surface area contributed by atoms with Crippen LogP contribution in [0.15, 0.2) is 321 Å². The SMILES string of the molecule is CC(=O)C=C(C)O.CC(=O)C=C(C)O.Cc1[c-]c(-c2ccc3ccccc3n2)cc(C)c1.Cc1[c-]c(-c2ccc3ccccc3n2)cc(C)c1.Cc1c[c-]c(-c2nc3ccccc3cc2C)cc1.Cc1cc[c-]c(-c2ccc3ccccc3n2)c1.O=C(O)c1ccccn1.[Ir].[Ir].[Ir].[Ir].[Ir].[c-]1cc2ccccc2cc1-c1ccc2ccccc2n1. The Morgan fingerprint density at radius 2 is 0.681 bits per heavy atom. The average molecular weight is 2450 g/mol. The summed E-state index contributed by atoms with van der Waals surface area (Å²) >= 11 is 0. The standard InChI is InChI=1S/C19H12N.3C17H14N.C16H12N.C6H5NO2.2C5H8O2.5Ir/c1-2-7-16-13-17(10-9-14(16)5-1)19-12-11-15-6-3-4-8-18(15)20-19;1-12-7-9-14(10-8-12)17-13(2)11-15-5-3-4-6-16(15)18-17;2*1-12-9-13(2)11-15(10-12)17-8-7-14-5-3-4-6-16(14)18-17;1-12-5-4-7-14(11-12)16-10-9-13-6-2-3-8-15(13)17-16;8-6(9)5-3-1-2-4-7-5;2*1-4(6)3-5(2)7;;;;;/h1-9,11-13H;3-9,11H,1-2H3;2*3-10H,1-2H3;2-6,8-11H,1H3;1-4H,(H,8,9);2*3,6H,1-2H3;;;;;/q5*-1;;;;;;;;. The van der Waals surface area contributed by atoms with E-state index in [0.29, 0.717) is 0 Å². The largest absolute Gasteiger partial charge is 0.512 e. The van der Waals surface area contributed by atoms with E-state index in [2.05, 4.69) is 234 Å². The van der Waals surface area contributed by atoms with E-state index in [-0.39, 0.29) is 129 Å². The van der Waals surface area contributed by atoms with Crippen LogP contribution in [0.2, 0.25) is 0 Å². The number of nitrogens with zero attached hydrogens (tertiary/aromatic N) is 6. The third kappa shape index (κ3) is 30.7. The summed E-state index contributed by atoms with van der Waals surface area (Å²) in [6, 6.07) is 114. The minimum atomic E-state index is -0.990. The third-order valence-electron chi connectivity index (χ3n) is 17.3. The molecule has 119 heavy (non-hydrogen) atoms. The van der Waals surface area contributed by atoms with Gasteiger partial charge < -0.3 is 15.3 Å². The Morgan fingerprint density at radius 1 is 0.311 bits per heavy atom. The fourth-order valence-electron chi connectivity index (χ4n) is 12.2. The van der Waals surface area contributed by atoms with Gasteiger partial charge in [-0.25, -0.2) is 9.78 Å². The summed E-state index contributed by atoms with van der Waals surface area (Å²) in [6.07, 6.45) is 3.78. The number of carbonyl (C=O) groups is 3. The zero-order chi connectivity index (χ0) is 81.0. The Kier molecular flexibility index (Phi) is 40.9. The van der Waals surface area contributed by atoms with E-state index in [9.17, 15) is 14.4 Å². The van der Waals surface area contributed by atoms with Crippen molar-refractivity contribution in [1.82, 2.24) is 29.9 Å². The van der Waals surface area contributed by atoms with Gasteiger partial charge in [-0.1, -0.05) is 228 Å². The van der Waals surface area contributed by atoms with Gasteiger partial charge in [0.2, 0.25) is 0 Å². The first-order chi connectivity index (χ1) is 55.0. The number of aliphatic hydroxyl groups excluding tert-OH is 2.